The Hall–Kier alpha value is -6.00. The molecule has 1 nitrogen and oxygen atoms in total. The largest absolute Gasteiger partial charge is 0.456 e. The highest BCUT2D eigenvalue weighted by Gasteiger charge is 2.21. The number of benzene rings is 8. The van der Waals surface area contributed by atoms with Crippen LogP contribution in [0.2, 0.25) is 0 Å². The molecule has 11 aromatic rings. The van der Waals surface area contributed by atoms with Gasteiger partial charge in [-0.05, 0) is 93.2 Å². The van der Waals surface area contributed by atoms with Crippen LogP contribution in [-0.2, 0) is 0 Å². The summed E-state index contributed by atoms with van der Waals surface area (Å²) in [5, 5.41) is 11.4. The summed E-state index contributed by atoms with van der Waals surface area (Å²) < 4.78 is 11.6. The van der Waals surface area contributed by atoms with Crippen LogP contribution in [0.1, 0.15) is 11.1 Å². The normalized spacial score (nSPS) is 12.0. The minimum Gasteiger partial charge on any atom is -0.456 e. The van der Waals surface area contributed by atoms with Crippen LogP contribution in [0.3, 0.4) is 0 Å². The average molecular weight is 699 g/mol. The van der Waals surface area contributed by atoms with E-state index in [9.17, 15) is 0 Å². The fourth-order valence-corrected chi connectivity index (χ4v) is 10.8. The van der Waals surface area contributed by atoms with Crippen molar-refractivity contribution >= 4 is 102 Å². The first-order valence-electron chi connectivity index (χ1n) is 17.6. The van der Waals surface area contributed by atoms with Gasteiger partial charge in [-0.25, -0.2) is 0 Å². The van der Waals surface area contributed by atoms with Crippen LogP contribution in [-0.4, -0.2) is 0 Å². The zero-order chi connectivity index (χ0) is 34.5. The summed E-state index contributed by atoms with van der Waals surface area (Å²) in [4.78, 5) is 0. The molecule has 0 aliphatic rings. The highest BCUT2D eigenvalue weighted by atomic mass is 32.1. The van der Waals surface area contributed by atoms with Gasteiger partial charge in [-0.1, -0.05) is 116 Å². The summed E-state index contributed by atoms with van der Waals surface area (Å²) in [7, 11) is 0. The van der Waals surface area contributed by atoms with E-state index < -0.39 is 0 Å². The van der Waals surface area contributed by atoms with Gasteiger partial charge < -0.3 is 4.42 Å². The van der Waals surface area contributed by atoms with E-state index in [1.54, 1.807) is 0 Å². The van der Waals surface area contributed by atoms with E-state index in [0.29, 0.717) is 0 Å². The Labute approximate surface area is 308 Å². The van der Waals surface area contributed by atoms with E-state index in [1.165, 1.54) is 84.1 Å². The topological polar surface area (TPSA) is 13.1 Å². The third kappa shape index (κ3) is 4.21. The molecule has 0 spiro atoms. The summed E-state index contributed by atoms with van der Waals surface area (Å²) in [6, 6.07) is 53.5. The van der Waals surface area contributed by atoms with E-state index in [4.69, 9.17) is 4.42 Å². The monoisotopic (exact) mass is 698 g/mol. The second-order valence-electron chi connectivity index (χ2n) is 13.6. The van der Waals surface area contributed by atoms with Gasteiger partial charge in [0, 0.05) is 62.4 Å². The maximum atomic E-state index is 6.44. The molecule has 0 saturated heterocycles. The molecule has 11 rings (SSSR count). The molecule has 0 saturated carbocycles. The van der Waals surface area contributed by atoms with Crippen LogP contribution >= 0.6 is 22.7 Å². The first-order valence-corrected chi connectivity index (χ1v) is 19.3. The fourth-order valence-electron chi connectivity index (χ4n) is 8.48. The van der Waals surface area contributed by atoms with Crippen LogP contribution in [0.25, 0.3) is 113 Å². The predicted molar refractivity (Wildman–Crippen MR) is 228 cm³/mol. The van der Waals surface area contributed by atoms with Crippen LogP contribution in [0.4, 0.5) is 0 Å². The number of rotatable bonds is 4. The Morgan fingerprint density at radius 2 is 1.00 bits per heavy atom. The number of furan rings is 1. The Kier molecular flexibility index (Phi) is 6.43. The molecule has 0 unspecified atom stereocenters. The van der Waals surface area contributed by atoms with Crippen LogP contribution in [0.15, 0.2) is 157 Å². The van der Waals surface area contributed by atoms with Crippen molar-refractivity contribution in [3.8, 4) is 33.6 Å². The van der Waals surface area contributed by atoms with Crippen molar-refractivity contribution in [2.45, 2.75) is 6.92 Å². The lowest BCUT2D eigenvalue weighted by molar-refractivity contribution is 0.629. The summed E-state index contributed by atoms with van der Waals surface area (Å²) in [5.74, 6) is 0.917. The molecule has 0 aliphatic heterocycles. The molecule has 3 aromatic heterocycles. The number of hydrogen-bond acceptors (Lipinski definition) is 3. The van der Waals surface area contributed by atoms with Gasteiger partial charge in [0.1, 0.15) is 11.3 Å². The maximum absolute atomic E-state index is 6.44. The van der Waals surface area contributed by atoms with Crippen molar-refractivity contribution in [3.63, 3.8) is 0 Å². The van der Waals surface area contributed by atoms with Crippen molar-refractivity contribution in [2.24, 2.45) is 0 Å². The summed E-state index contributed by atoms with van der Waals surface area (Å²) >= 11 is 3.70. The zero-order valence-electron chi connectivity index (χ0n) is 28.4. The van der Waals surface area contributed by atoms with Crippen LogP contribution in [0.5, 0.6) is 0 Å². The number of fused-ring (bicyclic) bond motifs is 9. The second kappa shape index (κ2) is 11.2. The summed E-state index contributed by atoms with van der Waals surface area (Å²) in [6.07, 6.45) is 2.00. The van der Waals surface area contributed by atoms with Gasteiger partial charge in [-0.3, -0.25) is 0 Å². The molecular formula is C49H30OS2. The molecule has 8 aromatic carbocycles. The van der Waals surface area contributed by atoms with E-state index >= 15 is 0 Å². The quantitative estimate of drug-likeness (QED) is 0.167. The lowest BCUT2D eigenvalue weighted by atomic mass is 9.85. The Morgan fingerprint density at radius 3 is 1.62 bits per heavy atom. The van der Waals surface area contributed by atoms with Gasteiger partial charge in [0.15, 0.2) is 0 Å². The molecule has 0 aliphatic carbocycles. The van der Waals surface area contributed by atoms with Gasteiger partial charge in [-0.2, -0.15) is 0 Å². The van der Waals surface area contributed by atoms with E-state index in [0.717, 1.165) is 33.4 Å². The standard InChI is InChI=1S/C49H30OS2/c1-3-31-38(48-28(2)32-12-8-10-18-42(32)50-48)22-23-39-41-27-30(21-25-45(41)52-49(31)39)47-36-16-6-4-14-34(36)46(35-15-5-7-17-37(35)47)29-20-24-44-40(26-29)33-13-9-11-19-43(33)51-44/h3-27H,1H2,2H3. The summed E-state index contributed by atoms with van der Waals surface area (Å²) in [5.41, 5.74) is 9.33. The minimum atomic E-state index is 0.914. The van der Waals surface area contributed by atoms with E-state index in [2.05, 4.69) is 147 Å². The highest BCUT2D eigenvalue weighted by molar-refractivity contribution is 7.26. The highest BCUT2D eigenvalue weighted by Crippen LogP contribution is 2.48. The Balaban J connectivity index is 1.14. The third-order valence-corrected chi connectivity index (χ3v) is 13.2. The first kappa shape index (κ1) is 29.7. The number of para-hydroxylation sites is 1. The van der Waals surface area contributed by atoms with E-state index in [1.807, 2.05) is 40.9 Å². The van der Waals surface area contributed by atoms with E-state index in [-0.39, 0.29) is 0 Å². The molecule has 3 heterocycles. The second-order valence-corrected chi connectivity index (χ2v) is 15.8. The molecule has 244 valence electrons. The average Bonchev–Trinajstić information content (AvgIpc) is 3.87. The van der Waals surface area contributed by atoms with Gasteiger partial charge in [0.25, 0.3) is 0 Å². The van der Waals surface area contributed by atoms with Gasteiger partial charge >= 0.3 is 0 Å². The number of thiophene rings is 2. The lowest BCUT2D eigenvalue weighted by Crippen LogP contribution is -1.90. The smallest absolute Gasteiger partial charge is 0.138 e. The third-order valence-electron chi connectivity index (χ3n) is 10.9. The fraction of sp³-hybridized carbons (Fsp3) is 0.0204. The first-order chi connectivity index (χ1) is 25.7. The molecule has 0 amide bonds. The van der Waals surface area contributed by atoms with Gasteiger partial charge in [0.2, 0.25) is 0 Å². The molecule has 0 bridgehead atoms. The van der Waals surface area contributed by atoms with Crippen molar-refractivity contribution < 1.29 is 4.42 Å². The lowest BCUT2D eigenvalue weighted by Gasteiger charge is -2.18. The van der Waals surface area contributed by atoms with Crippen molar-refractivity contribution in [2.75, 3.05) is 0 Å². The van der Waals surface area contributed by atoms with Crippen LogP contribution in [0, 0.1) is 6.92 Å². The summed E-state index contributed by atoms with van der Waals surface area (Å²) in [6.45, 7) is 6.43. The molecule has 3 heteroatoms. The van der Waals surface area contributed by atoms with Crippen LogP contribution < -0.4 is 0 Å². The number of aryl methyl sites for hydroxylation is 1. The molecular weight excluding hydrogens is 669 g/mol. The molecule has 0 fully saturated rings. The van der Waals surface area contributed by atoms with Crippen molar-refractivity contribution in [3.05, 3.63) is 163 Å². The Morgan fingerprint density at radius 1 is 0.481 bits per heavy atom. The SMILES string of the molecule is C=Cc1c(-c2oc3ccccc3c2C)ccc2c1sc1ccc(-c3c4ccccc4c(-c4ccc5sc6ccccc6c5c4)c4ccccc34)cc12. The minimum absolute atomic E-state index is 0.914. The molecule has 52 heavy (non-hydrogen) atoms. The van der Waals surface area contributed by atoms with Crippen molar-refractivity contribution in [1.29, 1.82) is 0 Å². The zero-order valence-corrected chi connectivity index (χ0v) is 30.0. The number of hydrogen-bond donors (Lipinski definition) is 0. The van der Waals surface area contributed by atoms with Gasteiger partial charge in [0.05, 0.1) is 0 Å². The Bertz CT molecular complexity index is 3220. The van der Waals surface area contributed by atoms with Gasteiger partial charge in [-0.15, -0.1) is 22.7 Å². The molecule has 0 radical (unpaired) electrons. The maximum Gasteiger partial charge on any atom is 0.138 e. The van der Waals surface area contributed by atoms with Crippen molar-refractivity contribution in [1.82, 2.24) is 0 Å². The molecule has 0 N–H and O–H groups in total. The predicted octanol–water partition coefficient (Wildman–Crippen LogP) is 15.4. The molecule has 0 atom stereocenters.